The summed E-state index contributed by atoms with van der Waals surface area (Å²) in [5.41, 5.74) is 2.80. The van der Waals surface area contributed by atoms with E-state index in [-0.39, 0.29) is 0 Å². The third kappa shape index (κ3) is 3.94. The van der Waals surface area contributed by atoms with Gasteiger partial charge in [-0.2, -0.15) is 0 Å². The lowest BCUT2D eigenvalue weighted by Crippen LogP contribution is -1.97. The van der Waals surface area contributed by atoms with Crippen molar-refractivity contribution in [1.82, 2.24) is 0 Å². The number of hydrogen-bond acceptors (Lipinski definition) is 0. The molecule has 0 fully saturated rings. The van der Waals surface area contributed by atoms with Gasteiger partial charge in [0, 0.05) is 5.56 Å². The Bertz CT molecular complexity index is 600. The first-order valence-electron chi connectivity index (χ1n) is 8.23. The number of benzene rings is 2. The normalized spacial score (nSPS) is 10.9. The van der Waals surface area contributed by atoms with Crippen LogP contribution in [0.2, 0.25) is 0 Å². The van der Waals surface area contributed by atoms with Gasteiger partial charge in [-0.3, -0.25) is 0 Å². The first-order valence-corrected chi connectivity index (χ1v) is 8.23. The van der Waals surface area contributed by atoms with Crippen molar-refractivity contribution < 1.29 is 8.78 Å². The first kappa shape index (κ1) is 16.7. The summed E-state index contributed by atoms with van der Waals surface area (Å²) in [6.45, 7) is 4.20. The molecule has 2 heteroatoms. The van der Waals surface area contributed by atoms with Crippen molar-refractivity contribution in [2.24, 2.45) is 0 Å². The van der Waals surface area contributed by atoms with Crippen LogP contribution in [0.15, 0.2) is 36.4 Å². The minimum Gasteiger partial charge on any atom is -0.203 e. The molecule has 2 rings (SSSR count). The van der Waals surface area contributed by atoms with Gasteiger partial charge in [0.05, 0.1) is 0 Å². The van der Waals surface area contributed by atoms with E-state index in [1.54, 1.807) is 12.1 Å². The molecule has 22 heavy (non-hydrogen) atoms. The van der Waals surface area contributed by atoms with E-state index in [0.717, 1.165) is 37.7 Å². The fraction of sp³-hybridized carbons (Fsp3) is 0.400. The van der Waals surface area contributed by atoms with Gasteiger partial charge < -0.3 is 0 Å². The lowest BCUT2D eigenvalue weighted by molar-refractivity contribution is 0.499. The van der Waals surface area contributed by atoms with E-state index in [1.807, 2.05) is 31.2 Å². The summed E-state index contributed by atoms with van der Waals surface area (Å²) >= 11 is 0. The van der Waals surface area contributed by atoms with Crippen molar-refractivity contribution in [3.05, 3.63) is 59.2 Å². The average Bonchev–Trinajstić information content (AvgIpc) is 2.55. The summed E-state index contributed by atoms with van der Waals surface area (Å²) in [6.07, 6.45) is 5.78. The molecular weight excluding hydrogens is 278 g/mol. The molecule has 0 unspecified atom stereocenters. The van der Waals surface area contributed by atoms with Gasteiger partial charge in [-0.05, 0) is 42.4 Å². The van der Waals surface area contributed by atoms with Crippen LogP contribution in [-0.4, -0.2) is 0 Å². The van der Waals surface area contributed by atoms with Gasteiger partial charge in [0.25, 0.3) is 0 Å². The zero-order valence-electron chi connectivity index (χ0n) is 13.5. The molecule has 0 radical (unpaired) electrons. The van der Waals surface area contributed by atoms with E-state index in [1.165, 1.54) is 5.56 Å². The van der Waals surface area contributed by atoms with Crippen molar-refractivity contribution in [2.45, 2.75) is 52.4 Å². The van der Waals surface area contributed by atoms with Crippen LogP contribution in [-0.2, 0) is 12.8 Å². The van der Waals surface area contributed by atoms with E-state index < -0.39 is 11.6 Å². The highest BCUT2D eigenvalue weighted by Gasteiger charge is 2.14. The summed E-state index contributed by atoms with van der Waals surface area (Å²) in [6, 6.07) is 11.2. The van der Waals surface area contributed by atoms with Crippen molar-refractivity contribution in [2.75, 3.05) is 0 Å². The van der Waals surface area contributed by atoms with E-state index in [4.69, 9.17) is 0 Å². The molecule has 0 nitrogen and oxygen atoms in total. The monoisotopic (exact) mass is 302 g/mol. The van der Waals surface area contributed by atoms with Gasteiger partial charge in [0.2, 0.25) is 0 Å². The van der Waals surface area contributed by atoms with Crippen LogP contribution in [0.1, 0.15) is 50.7 Å². The lowest BCUT2D eigenvalue weighted by Gasteiger charge is -2.09. The molecule has 0 spiro atoms. The number of hydrogen-bond donors (Lipinski definition) is 0. The van der Waals surface area contributed by atoms with Gasteiger partial charge in [-0.15, -0.1) is 0 Å². The van der Waals surface area contributed by atoms with Crippen LogP contribution in [0.4, 0.5) is 8.78 Å². The quantitative estimate of drug-likeness (QED) is 0.561. The molecule has 118 valence electrons. The average molecular weight is 302 g/mol. The van der Waals surface area contributed by atoms with E-state index in [0.29, 0.717) is 17.5 Å². The minimum atomic E-state index is -0.727. The predicted octanol–water partition coefficient (Wildman–Crippen LogP) is 6.32. The Morgan fingerprint density at radius 1 is 0.727 bits per heavy atom. The maximum absolute atomic E-state index is 14.3. The molecule has 0 atom stereocenters. The first-order chi connectivity index (χ1) is 10.7. The standard InChI is InChI=1S/C20H24F2/c1-3-5-7-15-9-11-16(12-10-15)18-14-13-17(8-6-4-2)19(21)20(18)22/h9-14H,3-8H2,1-2H3. The molecule has 0 aromatic heterocycles. The van der Waals surface area contributed by atoms with Crippen LogP contribution in [0.5, 0.6) is 0 Å². The van der Waals surface area contributed by atoms with Gasteiger partial charge in [0.15, 0.2) is 11.6 Å². The zero-order chi connectivity index (χ0) is 15.9. The molecule has 0 N–H and O–H groups in total. The van der Waals surface area contributed by atoms with Crippen LogP contribution in [0, 0.1) is 11.6 Å². The summed E-state index contributed by atoms with van der Waals surface area (Å²) in [5.74, 6) is -1.42. The molecule has 0 aliphatic heterocycles. The number of unbranched alkanes of at least 4 members (excludes halogenated alkanes) is 2. The van der Waals surface area contributed by atoms with E-state index in [9.17, 15) is 8.78 Å². The van der Waals surface area contributed by atoms with Crippen LogP contribution in [0.3, 0.4) is 0 Å². The second kappa shape index (κ2) is 8.07. The molecule has 0 amide bonds. The topological polar surface area (TPSA) is 0 Å². The molecule has 2 aromatic rings. The van der Waals surface area contributed by atoms with Crippen molar-refractivity contribution in [3.63, 3.8) is 0 Å². The van der Waals surface area contributed by atoms with E-state index in [2.05, 4.69) is 6.92 Å². The highest BCUT2D eigenvalue weighted by Crippen LogP contribution is 2.27. The molecular formula is C20H24F2. The molecule has 0 aliphatic carbocycles. The van der Waals surface area contributed by atoms with Gasteiger partial charge in [-0.25, -0.2) is 8.78 Å². The van der Waals surface area contributed by atoms with Crippen molar-refractivity contribution in [1.29, 1.82) is 0 Å². The highest BCUT2D eigenvalue weighted by molar-refractivity contribution is 5.65. The fourth-order valence-electron chi connectivity index (χ4n) is 2.60. The maximum Gasteiger partial charge on any atom is 0.166 e. The summed E-state index contributed by atoms with van der Waals surface area (Å²) in [7, 11) is 0. The van der Waals surface area contributed by atoms with Crippen LogP contribution >= 0.6 is 0 Å². The smallest absolute Gasteiger partial charge is 0.166 e. The van der Waals surface area contributed by atoms with Gasteiger partial charge >= 0.3 is 0 Å². The molecule has 0 saturated carbocycles. The zero-order valence-corrected chi connectivity index (χ0v) is 13.5. The second-order valence-corrected chi connectivity index (χ2v) is 5.80. The van der Waals surface area contributed by atoms with Gasteiger partial charge in [0.1, 0.15) is 0 Å². The Balaban J connectivity index is 2.23. The third-order valence-electron chi connectivity index (χ3n) is 4.05. The lowest BCUT2D eigenvalue weighted by atomic mass is 9.98. The number of aryl methyl sites for hydroxylation is 2. The third-order valence-corrected chi connectivity index (χ3v) is 4.05. The minimum absolute atomic E-state index is 0.347. The SMILES string of the molecule is CCCCc1ccc(-c2ccc(CCCC)c(F)c2F)cc1. The molecule has 2 aromatic carbocycles. The summed E-state index contributed by atoms with van der Waals surface area (Å²) in [5, 5.41) is 0. The van der Waals surface area contributed by atoms with E-state index >= 15 is 0 Å². The molecule has 0 bridgehead atoms. The van der Waals surface area contributed by atoms with Crippen LogP contribution < -0.4 is 0 Å². The maximum atomic E-state index is 14.3. The van der Waals surface area contributed by atoms with Crippen LogP contribution in [0.25, 0.3) is 11.1 Å². The Labute approximate surface area is 132 Å². The second-order valence-electron chi connectivity index (χ2n) is 5.80. The fourth-order valence-corrected chi connectivity index (χ4v) is 2.60. The largest absolute Gasteiger partial charge is 0.203 e. The van der Waals surface area contributed by atoms with Gasteiger partial charge in [-0.1, -0.05) is 63.1 Å². The molecule has 0 heterocycles. The highest BCUT2D eigenvalue weighted by atomic mass is 19.2. The Hall–Kier alpha value is -1.70. The molecule has 0 aliphatic rings. The number of rotatable bonds is 7. The predicted molar refractivity (Wildman–Crippen MR) is 89.0 cm³/mol. The summed E-state index contributed by atoms with van der Waals surface area (Å²) in [4.78, 5) is 0. The Morgan fingerprint density at radius 2 is 1.36 bits per heavy atom. The summed E-state index contributed by atoms with van der Waals surface area (Å²) < 4.78 is 28.4. The van der Waals surface area contributed by atoms with Crippen molar-refractivity contribution >= 4 is 0 Å². The Morgan fingerprint density at radius 3 is 2.00 bits per heavy atom. The van der Waals surface area contributed by atoms with Crippen molar-refractivity contribution in [3.8, 4) is 11.1 Å². The number of halogens is 2. The molecule has 0 saturated heterocycles. The Kier molecular flexibility index (Phi) is 6.11.